The number of hydrogen-bond donors (Lipinski definition) is 3. The van der Waals surface area contributed by atoms with Gasteiger partial charge in [-0.25, -0.2) is 4.79 Å². The van der Waals surface area contributed by atoms with Crippen LogP contribution >= 0.6 is 15.9 Å². The number of rotatable bonds is 4. The van der Waals surface area contributed by atoms with Gasteiger partial charge in [0, 0.05) is 10.0 Å². The number of halogens is 1. The molecule has 0 unspecified atom stereocenters. The van der Waals surface area contributed by atoms with Crippen LogP contribution in [0.1, 0.15) is 24.5 Å². The largest absolute Gasteiger partial charge is 0.505 e. The normalized spacial score (nSPS) is 9.96. The molecule has 0 bridgehead atoms. The van der Waals surface area contributed by atoms with Gasteiger partial charge in [-0.3, -0.25) is 0 Å². The molecule has 0 spiro atoms. The van der Waals surface area contributed by atoms with Gasteiger partial charge in [0.2, 0.25) is 0 Å². The van der Waals surface area contributed by atoms with Gasteiger partial charge in [-0.1, -0.05) is 25.5 Å². The number of nitrogens with zero attached hydrogens (tertiary/aromatic N) is 1. The third-order valence-corrected chi connectivity index (χ3v) is 3.96. The molecular formula is C17H16BrN3O2. The zero-order chi connectivity index (χ0) is 16.8. The van der Waals surface area contributed by atoms with Crippen molar-refractivity contribution in [1.82, 2.24) is 0 Å². The number of phenolic OH excluding ortho intramolecular Hbond substituents is 1. The van der Waals surface area contributed by atoms with Crippen LogP contribution in [0.5, 0.6) is 5.75 Å². The Kier molecular flexibility index (Phi) is 5.61. The predicted octanol–water partition coefficient (Wildman–Crippen LogP) is 4.62. The number of hydrogen-bond acceptors (Lipinski definition) is 3. The van der Waals surface area contributed by atoms with Crippen LogP contribution in [0.3, 0.4) is 0 Å². The molecule has 0 saturated carbocycles. The molecule has 118 valence electrons. The number of anilines is 2. The first-order valence-electron chi connectivity index (χ1n) is 7.14. The van der Waals surface area contributed by atoms with E-state index < -0.39 is 6.03 Å². The number of phenols is 1. The second-order valence-corrected chi connectivity index (χ2v) is 5.76. The van der Waals surface area contributed by atoms with Crippen LogP contribution in [0.15, 0.2) is 40.9 Å². The molecule has 2 aromatic carbocycles. The molecule has 2 rings (SSSR count). The molecule has 6 heteroatoms. The van der Waals surface area contributed by atoms with Crippen molar-refractivity contribution < 1.29 is 9.90 Å². The van der Waals surface area contributed by atoms with Gasteiger partial charge in [0.15, 0.2) is 0 Å². The number of nitrogens with one attached hydrogen (secondary N) is 2. The van der Waals surface area contributed by atoms with Gasteiger partial charge in [-0.2, -0.15) is 5.26 Å². The maximum atomic E-state index is 12.1. The van der Waals surface area contributed by atoms with E-state index in [0.29, 0.717) is 23.2 Å². The predicted molar refractivity (Wildman–Crippen MR) is 93.6 cm³/mol. The van der Waals surface area contributed by atoms with Gasteiger partial charge in [0.05, 0.1) is 23.0 Å². The smallest absolute Gasteiger partial charge is 0.323 e. The summed E-state index contributed by atoms with van der Waals surface area (Å²) in [4.78, 5) is 12.1. The number of aromatic hydroxyl groups is 1. The van der Waals surface area contributed by atoms with Crippen LogP contribution in [0.4, 0.5) is 16.2 Å². The second-order valence-electron chi connectivity index (χ2n) is 4.91. The van der Waals surface area contributed by atoms with E-state index >= 15 is 0 Å². The van der Waals surface area contributed by atoms with Crippen LogP contribution in [-0.4, -0.2) is 11.1 Å². The van der Waals surface area contributed by atoms with Crippen LogP contribution in [0.2, 0.25) is 0 Å². The highest BCUT2D eigenvalue weighted by atomic mass is 79.9. The standard InChI is InChI=1S/C17H16BrN3O2/c1-2-5-12-11(10-19)8-9-15(16(12)22)21-17(23)20-14-7-4-3-6-13(14)18/h3-4,6-9,22H,2,5H2,1H3,(H2,20,21,23). The average Bonchev–Trinajstić information content (AvgIpc) is 2.54. The van der Waals surface area contributed by atoms with Gasteiger partial charge in [0.25, 0.3) is 0 Å². The fourth-order valence-corrected chi connectivity index (χ4v) is 2.57. The number of urea groups is 1. The number of carbonyl (C=O) groups excluding carboxylic acids is 1. The summed E-state index contributed by atoms with van der Waals surface area (Å²) in [7, 11) is 0. The summed E-state index contributed by atoms with van der Waals surface area (Å²) in [6.07, 6.45) is 1.35. The Labute approximate surface area is 143 Å². The molecule has 3 N–H and O–H groups in total. The molecule has 2 aromatic rings. The first-order chi connectivity index (χ1) is 11.1. The summed E-state index contributed by atoms with van der Waals surface area (Å²) in [5.74, 6) is -0.0619. The van der Waals surface area contributed by atoms with Crippen molar-refractivity contribution in [2.24, 2.45) is 0 Å². The van der Waals surface area contributed by atoms with E-state index in [4.69, 9.17) is 5.26 Å². The second kappa shape index (κ2) is 7.65. The first-order valence-corrected chi connectivity index (χ1v) is 7.93. The van der Waals surface area contributed by atoms with E-state index in [9.17, 15) is 9.90 Å². The number of benzene rings is 2. The van der Waals surface area contributed by atoms with Crippen LogP contribution < -0.4 is 10.6 Å². The van der Waals surface area contributed by atoms with Crippen LogP contribution in [0, 0.1) is 11.3 Å². The molecule has 23 heavy (non-hydrogen) atoms. The van der Waals surface area contributed by atoms with Gasteiger partial charge in [0.1, 0.15) is 5.75 Å². The van der Waals surface area contributed by atoms with Crippen LogP contribution in [0.25, 0.3) is 0 Å². The van der Waals surface area contributed by atoms with Gasteiger partial charge >= 0.3 is 6.03 Å². The van der Waals surface area contributed by atoms with Crippen molar-refractivity contribution in [3.8, 4) is 11.8 Å². The summed E-state index contributed by atoms with van der Waals surface area (Å²) in [6, 6.07) is 11.9. The van der Waals surface area contributed by atoms with Crippen molar-refractivity contribution in [3.63, 3.8) is 0 Å². The van der Waals surface area contributed by atoms with Crippen molar-refractivity contribution in [2.75, 3.05) is 10.6 Å². The van der Waals surface area contributed by atoms with Crippen molar-refractivity contribution in [2.45, 2.75) is 19.8 Å². The van der Waals surface area contributed by atoms with E-state index in [-0.39, 0.29) is 11.4 Å². The molecule has 0 heterocycles. The molecule has 0 radical (unpaired) electrons. The van der Waals surface area contributed by atoms with E-state index in [1.165, 1.54) is 6.07 Å². The summed E-state index contributed by atoms with van der Waals surface area (Å²) in [6.45, 7) is 1.96. The lowest BCUT2D eigenvalue weighted by Crippen LogP contribution is -2.20. The van der Waals surface area contributed by atoms with E-state index in [1.807, 2.05) is 19.1 Å². The number of carbonyl (C=O) groups is 1. The summed E-state index contributed by atoms with van der Waals surface area (Å²) in [5.41, 5.74) is 1.86. The average molecular weight is 374 g/mol. The zero-order valence-corrected chi connectivity index (χ0v) is 14.1. The minimum absolute atomic E-state index is 0.0619. The maximum Gasteiger partial charge on any atom is 0.323 e. The van der Waals surface area contributed by atoms with Crippen molar-refractivity contribution >= 4 is 33.3 Å². The van der Waals surface area contributed by atoms with Gasteiger partial charge in [-0.05, 0) is 46.6 Å². The summed E-state index contributed by atoms with van der Waals surface area (Å²) in [5, 5.41) is 24.7. The number of para-hydroxylation sites is 1. The third kappa shape index (κ3) is 4.02. The highest BCUT2D eigenvalue weighted by Crippen LogP contribution is 2.31. The van der Waals surface area contributed by atoms with Crippen molar-refractivity contribution in [1.29, 1.82) is 5.26 Å². The lowest BCUT2D eigenvalue weighted by molar-refractivity contribution is 0.262. The number of amides is 2. The van der Waals surface area contributed by atoms with Crippen molar-refractivity contribution in [3.05, 3.63) is 52.0 Å². The summed E-state index contributed by atoms with van der Waals surface area (Å²) >= 11 is 3.35. The molecule has 0 aliphatic rings. The first kappa shape index (κ1) is 16.8. The van der Waals surface area contributed by atoms with Gasteiger partial charge in [-0.15, -0.1) is 0 Å². The minimum atomic E-state index is -0.473. The lowest BCUT2D eigenvalue weighted by atomic mass is 10.0. The topological polar surface area (TPSA) is 85.2 Å². The Balaban J connectivity index is 2.20. The molecule has 0 atom stereocenters. The third-order valence-electron chi connectivity index (χ3n) is 3.27. The van der Waals surface area contributed by atoms with E-state index in [0.717, 1.165) is 10.9 Å². The monoisotopic (exact) mass is 373 g/mol. The Hall–Kier alpha value is -2.52. The SMILES string of the molecule is CCCc1c(C#N)ccc(NC(=O)Nc2ccccc2Br)c1O. The lowest BCUT2D eigenvalue weighted by Gasteiger charge is -2.13. The number of nitriles is 1. The maximum absolute atomic E-state index is 12.1. The highest BCUT2D eigenvalue weighted by Gasteiger charge is 2.14. The van der Waals surface area contributed by atoms with Crippen LogP contribution in [-0.2, 0) is 6.42 Å². The Morgan fingerprint density at radius 1 is 1.22 bits per heavy atom. The van der Waals surface area contributed by atoms with E-state index in [2.05, 4.69) is 32.6 Å². The Morgan fingerprint density at radius 2 is 1.91 bits per heavy atom. The summed E-state index contributed by atoms with van der Waals surface area (Å²) < 4.78 is 0.755. The minimum Gasteiger partial charge on any atom is -0.505 e. The molecule has 0 fully saturated rings. The molecule has 2 amide bonds. The van der Waals surface area contributed by atoms with Gasteiger partial charge < -0.3 is 15.7 Å². The molecule has 0 saturated heterocycles. The zero-order valence-electron chi connectivity index (χ0n) is 12.6. The quantitative estimate of drug-likeness (QED) is 0.683. The molecule has 0 aliphatic heterocycles. The molecule has 0 aliphatic carbocycles. The fraction of sp³-hybridized carbons (Fsp3) is 0.176. The molecule has 0 aromatic heterocycles. The molecular weight excluding hydrogens is 358 g/mol. The molecule has 5 nitrogen and oxygen atoms in total. The Morgan fingerprint density at radius 3 is 2.57 bits per heavy atom. The Bertz CT molecular complexity index is 769. The van der Waals surface area contributed by atoms with E-state index in [1.54, 1.807) is 18.2 Å². The fourth-order valence-electron chi connectivity index (χ4n) is 2.18. The highest BCUT2D eigenvalue weighted by molar-refractivity contribution is 9.10.